The SMILES string of the molecule is O=C(O)COCCCCCOc1nc(-c2ccccc2)c(-c2ccccc2)n1-c1ccccc1. The Morgan fingerprint density at radius 1 is 0.765 bits per heavy atom. The fourth-order valence-corrected chi connectivity index (χ4v) is 3.78. The van der Waals surface area contributed by atoms with Crippen LogP contribution in [0, 0.1) is 0 Å². The van der Waals surface area contributed by atoms with Crippen LogP contribution in [0.1, 0.15) is 19.3 Å². The van der Waals surface area contributed by atoms with Crippen LogP contribution in [0.5, 0.6) is 6.01 Å². The number of carboxylic acid groups (broad SMARTS) is 1. The fraction of sp³-hybridized carbons (Fsp3) is 0.214. The first kappa shape index (κ1) is 23.3. The second-order valence-corrected chi connectivity index (χ2v) is 7.85. The van der Waals surface area contributed by atoms with Crippen molar-refractivity contribution in [2.45, 2.75) is 19.3 Å². The molecule has 0 aliphatic carbocycles. The highest BCUT2D eigenvalue weighted by molar-refractivity contribution is 5.81. The average Bonchev–Trinajstić information content (AvgIpc) is 3.26. The monoisotopic (exact) mass is 456 g/mol. The third-order valence-electron chi connectivity index (χ3n) is 5.35. The first-order valence-corrected chi connectivity index (χ1v) is 11.5. The lowest BCUT2D eigenvalue weighted by Crippen LogP contribution is -2.08. The summed E-state index contributed by atoms with van der Waals surface area (Å²) in [5.74, 6) is -0.945. The first-order chi connectivity index (χ1) is 16.7. The molecule has 0 radical (unpaired) electrons. The molecule has 0 aliphatic rings. The van der Waals surface area contributed by atoms with E-state index in [-0.39, 0.29) is 6.61 Å². The van der Waals surface area contributed by atoms with E-state index in [1.165, 1.54) is 0 Å². The number of rotatable bonds is 12. The largest absolute Gasteiger partial charge is 0.480 e. The molecule has 6 heteroatoms. The predicted octanol–water partition coefficient (Wildman–Crippen LogP) is 5.86. The summed E-state index contributed by atoms with van der Waals surface area (Å²) in [6.07, 6.45) is 2.48. The number of benzene rings is 3. The van der Waals surface area contributed by atoms with Crippen molar-refractivity contribution in [2.75, 3.05) is 19.8 Å². The van der Waals surface area contributed by atoms with Crippen LogP contribution < -0.4 is 4.74 Å². The van der Waals surface area contributed by atoms with Gasteiger partial charge >= 0.3 is 12.0 Å². The molecule has 0 bridgehead atoms. The van der Waals surface area contributed by atoms with Gasteiger partial charge in [0.1, 0.15) is 12.3 Å². The molecule has 1 N–H and O–H groups in total. The lowest BCUT2D eigenvalue weighted by molar-refractivity contribution is -0.142. The zero-order valence-corrected chi connectivity index (χ0v) is 19.0. The van der Waals surface area contributed by atoms with Gasteiger partial charge in [-0.15, -0.1) is 0 Å². The summed E-state index contributed by atoms with van der Waals surface area (Å²) < 4.78 is 13.4. The second kappa shape index (κ2) is 11.8. The third-order valence-corrected chi connectivity index (χ3v) is 5.35. The molecule has 0 amide bonds. The molecule has 4 rings (SSSR count). The van der Waals surface area contributed by atoms with Crippen LogP contribution in [0.2, 0.25) is 0 Å². The number of hydrogen-bond donors (Lipinski definition) is 1. The molecule has 0 saturated heterocycles. The number of aromatic nitrogens is 2. The lowest BCUT2D eigenvalue weighted by Gasteiger charge is -2.13. The van der Waals surface area contributed by atoms with E-state index < -0.39 is 5.97 Å². The van der Waals surface area contributed by atoms with Crippen molar-refractivity contribution in [2.24, 2.45) is 0 Å². The normalized spacial score (nSPS) is 10.8. The van der Waals surface area contributed by atoms with Gasteiger partial charge in [-0.1, -0.05) is 78.9 Å². The molecule has 0 saturated carbocycles. The van der Waals surface area contributed by atoms with E-state index in [9.17, 15) is 4.79 Å². The van der Waals surface area contributed by atoms with Gasteiger partial charge in [0.05, 0.1) is 18.0 Å². The van der Waals surface area contributed by atoms with Gasteiger partial charge in [-0.25, -0.2) is 4.79 Å². The van der Waals surface area contributed by atoms with Gasteiger partial charge in [0.15, 0.2) is 0 Å². The van der Waals surface area contributed by atoms with Crippen molar-refractivity contribution in [1.82, 2.24) is 9.55 Å². The Kier molecular flexibility index (Phi) is 8.08. The van der Waals surface area contributed by atoms with E-state index in [1.54, 1.807) is 0 Å². The van der Waals surface area contributed by atoms with Crippen molar-refractivity contribution in [3.63, 3.8) is 0 Å². The van der Waals surface area contributed by atoms with Gasteiger partial charge in [0, 0.05) is 17.7 Å². The quantitative estimate of drug-likeness (QED) is 0.271. The van der Waals surface area contributed by atoms with Crippen LogP contribution in [0.15, 0.2) is 91.0 Å². The molecule has 1 heterocycles. The molecule has 1 aromatic heterocycles. The molecule has 0 atom stereocenters. The minimum Gasteiger partial charge on any atom is -0.480 e. The van der Waals surface area contributed by atoms with Crippen LogP contribution in [-0.2, 0) is 9.53 Å². The van der Waals surface area contributed by atoms with Crippen molar-refractivity contribution in [3.05, 3.63) is 91.0 Å². The lowest BCUT2D eigenvalue weighted by atomic mass is 10.0. The van der Waals surface area contributed by atoms with E-state index in [1.807, 2.05) is 54.6 Å². The van der Waals surface area contributed by atoms with Gasteiger partial charge in [-0.2, -0.15) is 4.98 Å². The summed E-state index contributed by atoms with van der Waals surface area (Å²) in [6, 6.07) is 31.0. The molecule has 34 heavy (non-hydrogen) atoms. The van der Waals surface area contributed by atoms with E-state index in [2.05, 4.69) is 41.0 Å². The Morgan fingerprint density at radius 2 is 1.35 bits per heavy atom. The average molecular weight is 457 g/mol. The summed E-state index contributed by atoms with van der Waals surface area (Å²) in [5, 5.41) is 8.64. The first-order valence-electron chi connectivity index (χ1n) is 11.5. The Bertz CT molecular complexity index is 1180. The Balaban J connectivity index is 1.61. The smallest absolute Gasteiger partial charge is 0.329 e. The maximum atomic E-state index is 10.5. The molecule has 6 nitrogen and oxygen atoms in total. The number of nitrogens with zero attached hydrogens (tertiary/aromatic N) is 2. The minimum absolute atomic E-state index is 0.254. The summed E-state index contributed by atoms with van der Waals surface area (Å²) >= 11 is 0. The summed E-state index contributed by atoms with van der Waals surface area (Å²) in [6.45, 7) is 0.683. The highest BCUT2D eigenvalue weighted by Gasteiger charge is 2.22. The van der Waals surface area contributed by atoms with E-state index in [0.29, 0.717) is 19.2 Å². The Morgan fingerprint density at radius 3 is 2.00 bits per heavy atom. The number of carboxylic acids is 1. The standard InChI is InChI=1S/C28H28N2O4/c31-25(32)21-33-19-11-4-12-20-34-28-29-26(22-13-5-1-6-14-22)27(23-15-7-2-8-16-23)30(28)24-17-9-3-10-18-24/h1-3,5-10,13-18H,4,11-12,19-21H2,(H,31,32). The van der Waals surface area contributed by atoms with Gasteiger partial charge in [-0.3, -0.25) is 4.57 Å². The number of imidazole rings is 1. The number of hydrogen-bond acceptors (Lipinski definition) is 4. The molecule has 0 unspecified atom stereocenters. The van der Waals surface area contributed by atoms with Crippen LogP contribution in [0.25, 0.3) is 28.2 Å². The third kappa shape index (κ3) is 5.91. The van der Waals surface area contributed by atoms with Crippen LogP contribution in [0.3, 0.4) is 0 Å². The maximum Gasteiger partial charge on any atom is 0.329 e. The van der Waals surface area contributed by atoms with Crippen molar-refractivity contribution in [1.29, 1.82) is 0 Å². The van der Waals surface area contributed by atoms with E-state index >= 15 is 0 Å². The van der Waals surface area contributed by atoms with Crippen LogP contribution in [0.4, 0.5) is 0 Å². The zero-order chi connectivity index (χ0) is 23.6. The van der Waals surface area contributed by atoms with Gasteiger partial charge in [0.2, 0.25) is 0 Å². The van der Waals surface area contributed by atoms with Crippen molar-refractivity contribution in [3.8, 4) is 34.2 Å². The molecule has 174 valence electrons. The van der Waals surface area contributed by atoms with Gasteiger partial charge in [-0.05, 0) is 31.4 Å². The minimum atomic E-state index is -0.945. The molecule has 0 aliphatic heterocycles. The van der Waals surface area contributed by atoms with Crippen LogP contribution >= 0.6 is 0 Å². The number of aliphatic carboxylic acids is 1. The highest BCUT2D eigenvalue weighted by Crippen LogP contribution is 2.37. The fourth-order valence-electron chi connectivity index (χ4n) is 3.78. The Labute approximate surface area is 199 Å². The molecule has 3 aromatic carbocycles. The van der Waals surface area contributed by atoms with Crippen molar-refractivity contribution >= 4 is 5.97 Å². The van der Waals surface area contributed by atoms with Gasteiger partial charge in [0.25, 0.3) is 0 Å². The molecule has 0 fully saturated rings. The molecular weight excluding hydrogens is 428 g/mol. The van der Waals surface area contributed by atoms with E-state index in [0.717, 1.165) is 47.5 Å². The summed E-state index contributed by atoms with van der Waals surface area (Å²) in [5.41, 5.74) is 4.91. The zero-order valence-electron chi connectivity index (χ0n) is 19.0. The number of carbonyl (C=O) groups is 1. The number of unbranched alkanes of at least 4 members (excludes halogenated alkanes) is 2. The highest BCUT2D eigenvalue weighted by atomic mass is 16.5. The second-order valence-electron chi connectivity index (χ2n) is 7.85. The number of ether oxygens (including phenoxy) is 2. The van der Waals surface area contributed by atoms with E-state index in [4.69, 9.17) is 19.6 Å². The predicted molar refractivity (Wildman–Crippen MR) is 132 cm³/mol. The molecule has 0 spiro atoms. The van der Waals surface area contributed by atoms with Crippen LogP contribution in [-0.4, -0.2) is 40.4 Å². The Hall–Kier alpha value is -3.90. The maximum absolute atomic E-state index is 10.5. The topological polar surface area (TPSA) is 73.6 Å². The molecular formula is C28H28N2O4. The number of para-hydroxylation sites is 1. The summed E-state index contributed by atoms with van der Waals surface area (Å²) in [7, 11) is 0. The molecule has 4 aromatic rings. The summed E-state index contributed by atoms with van der Waals surface area (Å²) in [4.78, 5) is 15.5. The van der Waals surface area contributed by atoms with Gasteiger partial charge < -0.3 is 14.6 Å². The van der Waals surface area contributed by atoms with Crippen molar-refractivity contribution < 1.29 is 19.4 Å².